The molecule has 2 unspecified atom stereocenters. The highest BCUT2D eigenvalue weighted by atomic mass is 15.2. The van der Waals surface area contributed by atoms with Crippen molar-refractivity contribution in [3.8, 4) is 12.3 Å². The largest absolute Gasteiger partial charge is 0.314 e. The molecule has 2 aliphatic heterocycles. The van der Waals surface area contributed by atoms with Crippen LogP contribution in [-0.2, 0) is 0 Å². The Labute approximate surface area is 106 Å². The van der Waals surface area contributed by atoms with E-state index in [9.17, 15) is 0 Å². The summed E-state index contributed by atoms with van der Waals surface area (Å²) < 4.78 is 0. The van der Waals surface area contributed by atoms with Gasteiger partial charge in [0, 0.05) is 24.5 Å². The third-order valence-electron chi connectivity index (χ3n) is 4.30. The smallest absolute Gasteiger partial charge is 0.0114 e. The lowest BCUT2D eigenvalue weighted by molar-refractivity contribution is 0.116. The molecule has 0 aliphatic carbocycles. The summed E-state index contributed by atoms with van der Waals surface area (Å²) in [6.07, 6.45) is 14.2. The summed E-state index contributed by atoms with van der Waals surface area (Å²) in [7, 11) is 0. The van der Waals surface area contributed by atoms with E-state index in [1.54, 1.807) is 0 Å². The molecule has 0 spiro atoms. The molecule has 2 aliphatic rings. The van der Waals surface area contributed by atoms with Crippen LogP contribution in [0.2, 0.25) is 0 Å². The molecule has 2 fully saturated rings. The summed E-state index contributed by atoms with van der Waals surface area (Å²) in [6.45, 7) is 4.65. The predicted molar refractivity (Wildman–Crippen MR) is 72.9 cm³/mol. The summed E-state index contributed by atoms with van der Waals surface area (Å²) in [6, 6.07) is 2.44. The second-order valence-corrected chi connectivity index (χ2v) is 5.55. The van der Waals surface area contributed by atoms with Crippen LogP contribution in [0, 0.1) is 12.3 Å². The lowest BCUT2D eigenvalue weighted by atomic mass is 9.97. The maximum Gasteiger partial charge on any atom is 0.0114 e. The van der Waals surface area contributed by atoms with Gasteiger partial charge in [-0.3, -0.25) is 4.90 Å². The van der Waals surface area contributed by atoms with Gasteiger partial charge in [-0.1, -0.05) is 6.92 Å². The topological polar surface area (TPSA) is 15.3 Å². The average Bonchev–Trinajstić information content (AvgIpc) is 2.59. The van der Waals surface area contributed by atoms with Crippen molar-refractivity contribution >= 4 is 0 Å². The molecular weight excluding hydrogens is 208 g/mol. The van der Waals surface area contributed by atoms with Gasteiger partial charge in [0.25, 0.3) is 0 Å². The minimum atomic E-state index is 0.774. The van der Waals surface area contributed by atoms with Crippen LogP contribution < -0.4 is 5.32 Å². The van der Waals surface area contributed by atoms with Crippen molar-refractivity contribution < 1.29 is 0 Å². The zero-order chi connectivity index (χ0) is 12.1. The van der Waals surface area contributed by atoms with Gasteiger partial charge in [0.05, 0.1) is 0 Å². The van der Waals surface area contributed by atoms with Crippen LogP contribution in [0.15, 0.2) is 0 Å². The number of nitrogens with zero attached hydrogens (tertiary/aromatic N) is 1. The Hall–Kier alpha value is -0.520. The average molecular weight is 234 g/mol. The maximum absolute atomic E-state index is 5.33. The van der Waals surface area contributed by atoms with E-state index in [0.29, 0.717) is 0 Å². The fourth-order valence-electron chi connectivity index (χ4n) is 3.52. The van der Waals surface area contributed by atoms with E-state index < -0.39 is 0 Å². The first kappa shape index (κ1) is 12.9. The molecule has 2 atom stereocenters. The molecular formula is C15H26N2. The van der Waals surface area contributed by atoms with Crippen LogP contribution in [0.3, 0.4) is 0 Å². The Morgan fingerprint density at radius 3 is 2.59 bits per heavy atom. The third-order valence-corrected chi connectivity index (χ3v) is 4.30. The van der Waals surface area contributed by atoms with Crippen LogP contribution in [0.1, 0.15) is 51.9 Å². The van der Waals surface area contributed by atoms with Gasteiger partial charge in [0.15, 0.2) is 0 Å². The number of hydrogen-bond donors (Lipinski definition) is 1. The van der Waals surface area contributed by atoms with Crippen molar-refractivity contribution in [2.75, 3.05) is 13.1 Å². The van der Waals surface area contributed by atoms with Gasteiger partial charge in [0.1, 0.15) is 0 Å². The lowest BCUT2D eigenvalue weighted by Crippen LogP contribution is -2.49. The fraction of sp³-hybridized carbons (Fsp3) is 0.867. The predicted octanol–water partition coefficient (Wildman–Crippen LogP) is 2.39. The Morgan fingerprint density at radius 1 is 1.29 bits per heavy atom. The van der Waals surface area contributed by atoms with Gasteiger partial charge < -0.3 is 5.32 Å². The van der Waals surface area contributed by atoms with Crippen molar-refractivity contribution in [2.45, 2.75) is 70.0 Å². The van der Waals surface area contributed by atoms with Crippen LogP contribution >= 0.6 is 0 Å². The molecule has 0 radical (unpaired) electrons. The van der Waals surface area contributed by atoms with Gasteiger partial charge in [-0.15, -0.1) is 12.3 Å². The zero-order valence-corrected chi connectivity index (χ0v) is 11.1. The van der Waals surface area contributed by atoms with Gasteiger partial charge in [0.2, 0.25) is 0 Å². The standard InChI is InChI=1S/C15H26N2/c1-3-5-6-10-17-14-7-8-15(17)12-13(11-14)16-9-4-2/h1,13-16H,4-12H2,2H3. The molecule has 2 nitrogen and oxygen atoms in total. The normalized spacial score (nSPS) is 32.6. The molecule has 0 amide bonds. The molecule has 96 valence electrons. The number of nitrogens with one attached hydrogen (secondary N) is 1. The number of unbranched alkanes of at least 4 members (excludes halogenated alkanes) is 1. The molecule has 0 aromatic rings. The minimum Gasteiger partial charge on any atom is -0.314 e. The number of terminal acetylenes is 1. The van der Waals surface area contributed by atoms with E-state index in [0.717, 1.165) is 24.5 Å². The summed E-state index contributed by atoms with van der Waals surface area (Å²) in [5.41, 5.74) is 0. The summed E-state index contributed by atoms with van der Waals surface area (Å²) in [5, 5.41) is 3.70. The highest BCUT2D eigenvalue weighted by molar-refractivity contribution is 4.97. The number of rotatable bonds is 6. The summed E-state index contributed by atoms with van der Waals surface area (Å²) in [5.74, 6) is 2.76. The van der Waals surface area contributed by atoms with E-state index in [1.807, 2.05) is 0 Å². The van der Waals surface area contributed by atoms with Crippen LogP contribution in [0.4, 0.5) is 0 Å². The van der Waals surface area contributed by atoms with Crippen molar-refractivity contribution in [3.63, 3.8) is 0 Å². The third kappa shape index (κ3) is 3.24. The molecule has 2 bridgehead atoms. The summed E-state index contributed by atoms with van der Waals surface area (Å²) >= 11 is 0. The zero-order valence-electron chi connectivity index (χ0n) is 11.1. The highest BCUT2D eigenvalue weighted by Crippen LogP contribution is 2.35. The molecule has 0 aromatic heterocycles. The fourth-order valence-corrected chi connectivity index (χ4v) is 3.52. The first-order valence-corrected chi connectivity index (χ1v) is 7.27. The highest BCUT2D eigenvalue weighted by Gasteiger charge is 2.39. The molecule has 2 saturated heterocycles. The quantitative estimate of drug-likeness (QED) is 0.561. The van der Waals surface area contributed by atoms with E-state index in [-0.39, 0.29) is 0 Å². The molecule has 2 heteroatoms. The Bertz CT molecular complexity index is 255. The van der Waals surface area contributed by atoms with E-state index in [2.05, 4.69) is 23.1 Å². The van der Waals surface area contributed by atoms with Crippen LogP contribution in [0.25, 0.3) is 0 Å². The van der Waals surface area contributed by atoms with Gasteiger partial charge >= 0.3 is 0 Å². The summed E-state index contributed by atoms with van der Waals surface area (Å²) in [4.78, 5) is 2.74. The first-order chi connectivity index (χ1) is 8.35. The van der Waals surface area contributed by atoms with Gasteiger partial charge in [-0.2, -0.15) is 0 Å². The van der Waals surface area contributed by atoms with Crippen molar-refractivity contribution in [2.24, 2.45) is 0 Å². The van der Waals surface area contributed by atoms with Crippen LogP contribution in [-0.4, -0.2) is 36.1 Å². The Kier molecular flexibility index (Phi) is 4.88. The number of fused-ring (bicyclic) bond motifs is 2. The van der Waals surface area contributed by atoms with Crippen molar-refractivity contribution in [3.05, 3.63) is 0 Å². The minimum absolute atomic E-state index is 0.774. The number of hydrogen-bond acceptors (Lipinski definition) is 2. The molecule has 1 N–H and O–H groups in total. The molecule has 17 heavy (non-hydrogen) atoms. The van der Waals surface area contributed by atoms with Crippen molar-refractivity contribution in [1.29, 1.82) is 0 Å². The van der Waals surface area contributed by atoms with E-state index >= 15 is 0 Å². The van der Waals surface area contributed by atoms with Crippen LogP contribution in [0.5, 0.6) is 0 Å². The maximum atomic E-state index is 5.33. The Morgan fingerprint density at radius 2 is 2.00 bits per heavy atom. The number of piperidine rings is 1. The van der Waals surface area contributed by atoms with Gasteiger partial charge in [-0.05, 0) is 51.6 Å². The molecule has 2 heterocycles. The monoisotopic (exact) mass is 234 g/mol. The second-order valence-electron chi connectivity index (χ2n) is 5.55. The first-order valence-electron chi connectivity index (χ1n) is 7.27. The SMILES string of the molecule is C#CCCCN1C2CCC1CC(NCCC)C2. The molecule has 0 saturated carbocycles. The Balaban J connectivity index is 1.79. The van der Waals surface area contributed by atoms with E-state index in [4.69, 9.17) is 6.42 Å². The lowest BCUT2D eigenvalue weighted by Gasteiger charge is -2.39. The molecule has 0 aromatic carbocycles. The van der Waals surface area contributed by atoms with Gasteiger partial charge in [-0.25, -0.2) is 0 Å². The van der Waals surface area contributed by atoms with E-state index in [1.165, 1.54) is 51.6 Å². The van der Waals surface area contributed by atoms with Crippen molar-refractivity contribution in [1.82, 2.24) is 10.2 Å². The second kappa shape index (κ2) is 6.42. The molecule has 2 rings (SSSR count).